The van der Waals surface area contributed by atoms with E-state index in [0.29, 0.717) is 60.4 Å². The summed E-state index contributed by atoms with van der Waals surface area (Å²) in [6.07, 6.45) is 0.877. The van der Waals surface area contributed by atoms with Crippen LogP contribution in [0, 0.1) is 0 Å². The Morgan fingerprint density at radius 1 is 1.07 bits per heavy atom. The maximum atomic E-state index is 13.1. The van der Waals surface area contributed by atoms with Gasteiger partial charge in [0.1, 0.15) is 9.93 Å². The number of hydrogen-bond donors (Lipinski definition) is 0. The second kappa shape index (κ2) is 6.98. The average Bonchev–Trinajstić information content (AvgIpc) is 3.48. The number of piperidine rings is 1. The van der Waals surface area contributed by atoms with Gasteiger partial charge in [-0.25, -0.2) is 8.42 Å². The molecule has 2 aromatic rings. The summed E-state index contributed by atoms with van der Waals surface area (Å²) in [6, 6.07) is 8.49. The van der Waals surface area contributed by atoms with Crippen molar-refractivity contribution in [3.05, 3.63) is 41.3 Å². The van der Waals surface area contributed by atoms with Crippen molar-refractivity contribution in [1.82, 2.24) is 9.21 Å². The van der Waals surface area contributed by atoms with E-state index in [1.54, 1.807) is 40.6 Å². The molecule has 0 bridgehead atoms. The summed E-state index contributed by atoms with van der Waals surface area (Å²) in [6.45, 7) is 1.69. The third-order valence-electron chi connectivity index (χ3n) is 5.61. The first-order valence-electron chi connectivity index (χ1n) is 9.39. The molecule has 2 fully saturated rings. The van der Waals surface area contributed by atoms with Crippen LogP contribution in [0.5, 0.6) is 11.5 Å². The van der Waals surface area contributed by atoms with Gasteiger partial charge in [-0.1, -0.05) is 6.07 Å². The number of nitrogens with zero attached hydrogens (tertiary/aromatic N) is 2. The minimum Gasteiger partial charge on any atom is -0.454 e. The summed E-state index contributed by atoms with van der Waals surface area (Å²) in [5.74, 6) is 1.09. The van der Waals surface area contributed by atoms with E-state index in [-0.39, 0.29) is 12.7 Å². The van der Waals surface area contributed by atoms with Gasteiger partial charge in [-0.3, -0.25) is 4.79 Å². The van der Waals surface area contributed by atoms with Crippen molar-refractivity contribution in [3.8, 4) is 11.5 Å². The summed E-state index contributed by atoms with van der Waals surface area (Å²) in [5, 5.41) is 1.75. The van der Waals surface area contributed by atoms with Crippen LogP contribution in [0.4, 0.5) is 0 Å². The van der Waals surface area contributed by atoms with Crippen LogP contribution in [0.25, 0.3) is 0 Å². The zero-order valence-corrected chi connectivity index (χ0v) is 17.2. The third-order valence-corrected chi connectivity index (χ3v) is 8.93. The van der Waals surface area contributed by atoms with Gasteiger partial charge in [0, 0.05) is 38.0 Å². The fourth-order valence-electron chi connectivity index (χ4n) is 4.12. The van der Waals surface area contributed by atoms with Crippen molar-refractivity contribution in [2.45, 2.75) is 22.8 Å². The van der Waals surface area contributed by atoms with Crippen LogP contribution >= 0.6 is 11.3 Å². The number of rotatable bonds is 3. The first-order chi connectivity index (χ1) is 14.0. The lowest BCUT2D eigenvalue weighted by molar-refractivity contribution is -0.0856. The molecule has 1 amide bonds. The normalized spacial score (nSPS) is 21.0. The Bertz CT molecular complexity index is 1030. The van der Waals surface area contributed by atoms with Gasteiger partial charge in [-0.2, -0.15) is 4.31 Å². The third kappa shape index (κ3) is 3.10. The monoisotopic (exact) mass is 436 g/mol. The molecule has 2 saturated heterocycles. The fourth-order valence-corrected chi connectivity index (χ4v) is 6.94. The predicted octanol–water partition coefficient (Wildman–Crippen LogP) is 2.13. The number of hydrogen-bond acceptors (Lipinski definition) is 7. The van der Waals surface area contributed by atoms with Crippen LogP contribution in [0.15, 0.2) is 39.9 Å². The van der Waals surface area contributed by atoms with Gasteiger partial charge < -0.3 is 19.1 Å². The van der Waals surface area contributed by atoms with Crippen molar-refractivity contribution in [3.63, 3.8) is 0 Å². The van der Waals surface area contributed by atoms with Crippen molar-refractivity contribution in [1.29, 1.82) is 0 Å². The Morgan fingerprint density at radius 2 is 1.86 bits per heavy atom. The van der Waals surface area contributed by atoms with Crippen molar-refractivity contribution in [2.75, 3.05) is 33.0 Å². The molecule has 0 aliphatic carbocycles. The zero-order chi connectivity index (χ0) is 20.1. The molecule has 0 radical (unpaired) electrons. The van der Waals surface area contributed by atoms with E-state index >= 15 is 0 Å². The van der Waals surface area contributed by atoms with Crippen LogP contribution in [0.2, 0.25) is 0 Å². The molecule has 3 aliphatic heterocycles. The maximum Gasteiger partial charge on any atom is 0.255 e. The quantitative estimate of drug-likeness (QED) is 0.733. The SMILES string of the molecule is O=C(c1ccc2c(c1)OCO2)N1CCC2(CC1)OCCN2S(=O)(=O)c1cccs1. The number of likely N-dealkylation sites (tertiary alicyclic amines) is 1. The second-order valence-corrected chi connectivity index (χ2v) is 10.2. The van der Waals surface area contributed by atoms with Crippen molar-refractivity contribution >= 4 is 27.3 Å². The van der Waals surface area contributed by atoms with E-state index in [9.17, 15) is 13.2 Å². The van der Waals surface area contributed by atoms with Gasteiger partial charge in [0.2, 0.25) is 6.79 Å². The highest BCUT2D eigenvalue weighted by atomic mass is 32.2. The first-order valence-corrected chi connectivity index (χ1v) is 11.7. The lowest BCUT2D eigenvalue weighted by Crippen LogP contribution is -2.55. The largest absolute Gasteiger partial charge is 0.454 e. The molecule has 5 rings (SSSR count). The van der Waals surface area contributed by atoms with E-state index in [4.69, 9.17) is 14.2 Å². The van der Waals surface area contributed by atoms with Crippen LogP contribution in [-0.2, 0) is 14.8 Å². The number of sulfonamides is 1. The molecule has 0 N–H and O–H groups in total. The van der Waals surface area contributed by atoms with Crippen LogP contribution in [0.1, 0.15) is 23.2 Å². The van der Waals surface area contributed by atoms with Crippen LogP contribution in [0.3, 0.4) is 0 Å². The molecule has 8 nitrogen and oxygen atoms in total. The summed E-state index contributed by atoms with van der Waals surface area (Å²) in [7, 11) is -3.61. The number of amides is 1. The number of ether oxygens (including phenoxy) is 3. The van der Waals surface area contributed by atoms with Gasteiger partial charge in [-0.05, 0) is 29.6 Å². The minimum atomic E-state index is -3.61. The highest BCUT2D eigenvalue weighted by molar-refractivity contribution is 7.91. The van der Waals surface area contributed by atoms with E-state index in [1.165, 1.54) is 15.6 Å². The van der Waals surface area contributed by atoms with Gasteiger partial charge in [0.05, 0.1) is 6.61 Å². The second-order valence-electron chi connectivity index (χ2n) is 7.16. The molecule has 0 unspecified atom stereocenters. The molecule has 4 heterocycles. The van der Waals surface area contributed by atoms with Gasteiger partial charge >= 0.3 is 0 Å². The summed E-state index contributed by atoms with van der Waals surface area (Å²) < 4.78 is 44.5. The van der Waals surface area contributed by atoms with Crippen molar-refractivity contribution < 1.29 is 27.4 Å². The molecule has 3 aliphatic rings. The van der Waals surface area contributed by atoms with E-state index < -0.39 is 15.7 Å². The zero-order valence-electron chi connectivity index (χ0n) is 15.6. The predicted molar refractivity (Wildman–Crippen MR) is 105 cm³/mol. The molecular formula is C19H20N2O6S2. The number of carbonyl (C=O) groups excluding carboxylic acids is 1. The molecule has 1 spiro atoms. The molecule has 1 aromatic carbocycles. The van der Waals surface area contributed by atoms with Gasteiger partial charge in [0.25, 0.3) is 15.9 Å². The maximum absolute atomic E-state index is 13.1. The molecule has 0 atom stereocenters. The van der Waals surface area contributed by atoms with Gasteiger partial charge in [0.15, 0.2) is 11.5 Å². The molecule has 29 heavy (non-hydrogen) atoms. The standard InChI is InChI=1S/C19H20N2O6S2/c22-18(14-3-4-15-16(12-14)26-13-25-15)20-7-5-19(6-8-20)21(9-10-27-19)29(23,24)17-2-1-11-28-17/h1-4,11-12H,5-10,13H2. The Kier molecular flexibility index (Phi) is 4.54. The molecule has 1 aromatic heterocycles. The van der Waals surface area contributed by atoms with Crippen LogP contribution < -0.4 is 9.47 Å². The molecule has 0 saturated carbocycles. The lowest BCUT2D eigenvalue weighted by atomic mass is 10.00. The van der Waals surface area contributed by atoms with Gasteiger partial charge in [-0.15, -0.1) is 11.3 Å². The number of fused-ring (bicyclic) bond motifs is 1. The molecular weight excluding hydrogens is 416 g/mol. The van der Waals surface area contributed by atoms with E-state index in [2.05, 4.69) is 0 Å². The number of thiophene rings is 1. The molecule has 10 heteroatoms. The fraction of sp³-hybridized carbons (Fsp3) is 0.421. The Morgan fingerprint density at radius 3 is 2.62 bits per heavy atom. The summed E-state index contributed by atoms with van der Waals surface area (Å²) >= 11 is 1.20. The molecule has 154 valence electrons. The first kappa shape index (κ1) is 18.9. The highest BCUT2D eigenvalue weighted by Crippen LogP contribution is 2.39. The Labute approximate surface area is 172 Å². The number of benzene rings is 1. The Hall–Kier alpha value is -2.14. The summed E-state index contributed by atoms with van der Waals surface area (Å²) in [5.41, 5.74) is -0.352. The van der Waals surface area contributed by atoms with E-state index in [0.717, 1.165) is 0 Å². The smallest absolute Gasteiger partial charge is 0.255 e. The average molecular weight is 437 g/mol. The summed E-state index contributed by atoms with van der Waals surface area (Å²) in [4.78, 5) is 14.7. The Balaban J connectivity index is 1.32. The van der Waals surface area contributed by atoms with Crippen molar-refractivity contribution in [2.24, 2.45) is 0 Å². The topological polar surface area (TPSA) is 85.4 Å². The van der Waals surface area contributed by atoms with E-state index in [1.807, 2.05) is 0 Å². The lowest BCUT2D eigenvalue weighted by Gasteiger charge is -2.42. The highest BCUT2D eigenvalue weighted by Gasteiger charge is 2.51. The minimum absolute atomic E-state index is 0.108. The van der Waals surface area contributed by atoms with Crippen LogP contribution in [-0.4, -0.2) is 62.3 Å². The number of carbonyl (C=O) groups is 1.